The predicted octanol–water partition coefficient (Wildman–Crippen LogP) is 4.67. The largest absolute Gasteiger partial charge is 0.356 e. The molecule has 1 aromatic carbocycles. The number of nitrogens with one attached hydrogen (secondary N) is 1. The Balaban J connectivity index is 1.74. The van der Waals surface area contributed by atoms with E-state index >= 15 is 0 Å². The van der Waals surface area contributed by atoms with E-state index in [0.29, 0.717) is 22.2 Å². The van der Waals surface area contributed by atoms with Crippen LogP contribution in [0.15, 0.2) is 29.2 Å². The number of benzene rings is 1. The Bertz CT molecular complexity index is 699. The van der Waals surface area contributed by atoms with Gasteiger partial charge in [0.15, 0.2) is 0 Å². The van der Waals surface area contributed by atoms with Crippen LogP contribution in [0, 0.1) is 6.92 Å². The summed E-state index contributed by atoms with van der Waals surface area (Å²) in [5, 5.41) is 2.93. The van der Waals surface area contributed by atoms with Gasteiger partial charge in [0.1, 0.15) is 4.32 Å². The highest BCUT2D eigenvalue weighted by Crippen LogP contribution is 2.32. The van der Waals surface area contributed by atoms with E-state index in [4.69, 9.17) is 12.2 Å². The lowest BCUT2D eigenvalue weighted by atomic mass is 10.1. The number of thioether (sulfide) groups is 1. The van der Waals surface area contributed by atoms with Crippen molar-refractivity contribution in [2.24, 2.45) is 0 Å². The fourth-order valence-electron chi connectivity index (χ4n) is 2.73. The second-order valence-corrected chi connectivity index (χ2v) is 8.43. The molecule has 0 atom stereocenters. The summed E-state index contributed by atoms with van der Waals surface area (Å²) in [6.45, 7) is 5.53. The van der Waals surface area contributed by atoms with Crippen molar-refractivity contribution in [1.82, 2.24) is 10.2 Å². The maximum Gasteiger partial charge on any atom is 0.266 e. The van der Waals surface area contributed by atoms with Crippen LogP contribution >= 0.6 is 24.0 Å². The molecule has 0 aliphatic carbocycles. The fourth-order valence-corrected chi connectivity index (χ4v) is 4.04. The zero-order chi connectivity index (χ0) is 19.6. The molecule has 0 bridgehead atoms. The molecule has 1 saturated heterocycles. The van der Waals surface area contributed by atoms with E-state index in [0.717, 1.165) is 44.2 Å². The van der Waals surface area contributed by atoms with Crippen LogP contribution in [0.25, 0.3) is 6.08 Å². The molecule has 146 valence electrons. The normalized spacial score (nSPS) is 15.6. The molecule has 1 aromatic rings. The van der Waals surface area contributed by atoms with Crippen molar-refractivity contribution < 1.29 is 9.59 Å². The van der Waals surface area contributed by atoms with Gasteiger partial charge in [0.25, 0.3) is 5.91 Å². The Labute approximate surface area is 171 Å². The molecular formula is C21H28N2O2S2. The van der Waals surface area contributed by atoms with E-state index in [-0.39, 0.29) is 11.8 Å². The second kappa shape index (κ2) is 11.2. The molecule has 2 amide bonds. The van der Waals surface area contributed by atoms with Gasteiger partial charge in [-0.3, -0.25) is 14.5 Å². The molecule has 6 heteroatoms. The van der Waals surface area contributed by atoms with Gasteiger partial charge >= 0.3 is 0 Å². The maximum absolute atomic E-state index is 12.6. The maximum atomic E-state index is 12.6. The highest BCUT2D eigenvalue weighted by Gasteiger charge is 2.31. The number of unbranched alkanes of at least 4 members (excludes halogenated alkanes) is 3. The van der Waals surface area contributed by atoms with Gasteiger partial charge in [0.2, 0.25) is 5.91 Å². The Morgan fingerprint density at radius 1 is 1.19 bits per heavy atom. The van der Waals surface area contributed by atoms with Gasteiger partial charge in [-0.25, -0.2) is 0 Å². The number of amides is 2. The Morgan fingerprint density at radius 2 is 1.93 bits per heavy atom. The van der Waals surface area contributed by atoms with E-state index in [9.17, 15) is 9.59 Å². The molecule has 1 aliphatic rings. The van der Waals surface area contributed by atoms with Crippen molar-refractivity contribution in [1.29, 1.82) is 0 Å². The number of hydrogen-bond donors (Lipinski definition) is 1. The fraction of sp³-hybridized carbons (Fsp3) is 0.476. The summed E-state index contributed by atoms with van der Waals surface area (Å²) in [6.07, 6.45) is 7.17. The van der Waals surface area contributed by atoms with Crippen LogP contribution in [0.4, 0.5) is 0 Å². The third kappa shape index (κ3) is 7.11. The van der Waals surface area contributed by atoms with Crippen molar-refractivity contribution in [3.05, 3.63) is 40.3 Å². The molecule has 1 heterocycles. The molecule has 0 aromatic heterocycles. The Morgan fingerprint density at radius 3 is 2.63 bits per heavy atom. The predicted molar refractivity (Wildman–Crippen MR) is 117 cm³/mol. The standard InChI is InChI=1S/C21H28N2O2S2/c1-3-4-13-22-19(24)8-6-5-7-14-23-20(25)18(27-21(23)26)15-17-11-9-16(2)10-12-17/h9-12,15H,3-8,13-14H2,1-2H3,(H,22,24). The third-order valence-electron chi connectivity index (χ3n) is 4.39. The monoisotopic (exact) mass is 404 g/mol. The van der Waals surface area contributed by atoms with Gasteiger partial charge in [-0.1, -0.05) is 73.6 Å². The van der Waals surface area contributed by atoms with Gasteiger partial charge < -0.3 is 5.32 Å². The lowest BCUT2D eigenvalue weighted by Crippen LogP contribution is -2.29. The molecular weight excluding hydrogens is 376 g/mol. The van der Waals surface area contributed by atoms with Crippen molar-refractivity contribution in [3.8, 4) is 0 Å². The van der Waals surface area contributed by atoms with E-state index in [1.165, 1.54) is 17.3 Å². The minimum atomic E-state index is -0.0112. The first-order valence-electron chi connectivity index (χ1n) is 9.60. The minimum absolute atomic E-state index is 0.0112. The molecule has 1 aliphatic heterocycles. The van der Waals surface area contributed by atoms with Crippen LogP contribution in [0.2, 0.25) is 0 Å². The number of thiocarbonyl (C=S) groups is 1. The molecule has 0 unspecified atom stereocenters. The van der Waals surface area contributed by atoms with E-state index in [2.05, 4.69) is 12.2 Å². The molecule has 0 spiro atoms. The molecule has 1 fully saturated rings. The van der Waals surface area contributed by atoms with Gasteiger partial charge in [0, 0.05) is 19.5 Å². The lowest BCUT2D eigenvalue weighted by molar-refractivity contribution is -0.122. The van der Waals surface area contributed by atoms with E-state index < -0.39 is 0 Å². The Kier molecular flexibility index (Phi) is 9.01. The summed E-state index contributed by atoms with van der Waals surface area (Å²) in [6, 6.07) is 8.08. The first-order chi connectivity index (χ1) is 13.0. The summed E-state index contributed by atoms with van der Waals surface area (Å²) >= 11 is 6.74. The highest BCUT2D eigenvalue weighted by atomic mass is 32.2. The number of carbonyl (C=O) groups is 2. The average Bonchev–Trinajstić information content (AvgIpc) is 2.90. The summed E-state index contributed by atoms with van der Waals surface area (Å²) < 4.78 is 0.621. The summed E-state index contributed by atoms with van der Waals surface area (Å²) in [5.41, 5.74) is 2.20. The topological polar surface area (TPSA) is 49.4 Å². The molecule has 0 radical (unpaired) electrons. The zero-order valence-electron chi connectivity index (χ0n) is 16.1. The molecule has 1 N–H and O–H groups in total. The molecule has 27 heavy (non-hydrogen) atoms. The minimum Gasteiger partial charge on any atom is -0.356 e. The first-order valence-corrected chi connectivity index (χ1v) is 10.8. The third-order valence-corrected chi connectivity index (χ3v) is 5.76. The quantitative estimate of drug-likeness (QED) is 0.350. The first kappa shape index (κ1) is 21.6. The number of nitrogens with zero attached hydrogens (tertiary/aromatic N) is 1. The van der Waals surface area contributed by atoms with Crippen LogP contribution in [-0.4, -0.2) is 34.1 Å². The summed E-state index contributed by atoms with van der Waals surface area (Å²) in [4.78, 5) is 26.6. The highest BCUT2D eigenvalue weighted by molar-refractivity contribution is 8.26. The van der Waals surface area contributed by atoms with Crippen molar-refractivity contribution in [2.45, 2.75) is 52.4 Å². The van der Waals surface area contributed by atoms with Crippen molar-refractivity contribution >= 4 is 46.2 Å². The van der Waals surface area contributed by atoms with Crippen LogP contribution in [-0.2, 0) is 9.59 Å². The Hall–Kier alpha value is -1.66. The van der Waals surface area contributed by atoms with Crippen LogP contribution in [0.3, 0.4) is 0 Å². The van der Waals surface area contributed by atoms with Crippen LogP contribution in [0.5, 0.6) is 0 Å². The van der Waals surface area contributed by atoms with Crippen LogP contribution in [0.1, 0.15) is 56.6 Å². The van der Waals surface area contributed by atoms with Gasteiger partial charge in [-0.2, -0.15) is 0 Å². The van der Waals surface area contributed by atoms with Crippen LogP contribution < -0.4 is 5.32 Å². The van der Waals surface area contributed by atoms with Gasteiger partial charge in [0.05, 0.1) is 4.91 Å². The average molecular weight is 405 g/mol. The van der Waals surface area contributed by atoms with E-state index in [1.807, 2.05) is 37.3 Å². The smallest absolute Gasteiger partial charge is 0.266 e. The zero-order valence-corrected chi connectivity index (χ0v) is 17.8. The van der Waals surface area contributed by atoms with Gasteiger partial charge in [-0.15, -0.1) is 0 Å². The van der Waals surface area contributed by atoms with Gasteiger partial charge in [-0.05, 0) is 37.8 Å². The summed E-state index contributed by atoms with van der Waals surface area (Å²) in [7, 11) is 0. The molecule has 2 rings (SSSR count). The van der Waals surface area contributed by atoms with Crippen molar-refractivity contribution in [2.75, 3.05) is 13.1 Å². The summed E-state index contributed by atoms with van der Waals surface area (Å²) in [5.74, 6) is 0.109. The molecule has 4 nitrogen and oxygen atoms in total. The van der Waals surface area contributed by atoms with E-state index in [1.54, 1.807) is 4.90 Å². The lowest BCUT2D eigenvalue weighted by Gasteiger charge is -2.14. The number of hydrogen-bond acceptors (Lipinski definition) is 4. The number of carbonyl (C=O) groups excluding carboxylic acids is 2. The SMILES string of the molecule is CCCCNC(=O)CCCCCN1C(=O)C(=Cc2ccc(C)cc2)SC1=S. The second-order valence-electron chi connectivity index (χ2n) is 6.76. The number of rotatable bonds is 10. The molecule has 0 saturated carbocycles. The number of aryl methyl sites for hydroxylation is 1. The van der Waals surface area contributed by atoms with Crippen molar-refractivity contribution in [3.63, 3.8) is 0 Å².